The van der Waals surface area contributed by atoms with Gasteiger partial charge >= 0.3 is 0 Å². The average Bonchev–Trinajstić information content (AvgIpc) is 3.34. The molecule has 132 valence electrons. The molecule has 2 atom stereocenters. The Morgan fingerprint density at radius 1 is 1.23 bits per heavy atom. The number of carbonyl (C=O) groups excluding carboxylic acids is 1. The Morgan fingerprint density at radius 2 is 2.00 bits per heavy atom. The molecule has 1 saturated carbocycles. The summed E-state index contributed by atoms with van der Waals surface area (Å²) in [4.78, 5) is 16.8. The molecular weight excluding hydrogens is 346 g/mol. The molecule has 26 heavy (non-hydrogen) atoms. The van der Waals surface area contributed by atoms with Crippen LogP contribution in [-0.2, 0) is 11.3 Å². The SMILES string of the molecule is Cc1nccn1-c1ccccc1CNC(=O)[C@@H]1C[C@@H]1c1ccccc1Cl. The lowest BCUT2D eigenvalue weighted by molar-refractivity contribution is -0.122. The number of carbonyl (C=O) groups is 1. The second-order valence-corrected chi connectivity index (χ2v) is 7.07. The predicted octanol–water partition coefficient (Wildman–Crippen LogP) is 4.25. The van der Waals surface area contributed by atoms with Gasteiger partial charge in [-0.05, 0) is 42.5 Å². The number of hydrogen-bond acceptors (Lipinski definition) is 2. The Hall–Kier alpha value is -2.59. The van der Waals surface area contributed by atoms with Crippen LogP contribution in [0.2, 0.25) is 5.02 Å². The molecule has 1 N–H and O–H groups in total. The Kier molecular flexibility index (Phi) is 4.51. The molecule has 0 spiro atoms. The Morgan fingerprint density at radius 3 is 2.77 bits per heavy atom. The zero-order valence-electron chi connectivity index (χ0n) is 14.5. The van der Waals surface area contributed by atoms with Gasteiger partial charge in [0.1, 0.15) is 5.82 Å². The first-order chi connectivity index (χ1) is 12.6. The van der Waals surface area contributed by atoms with Gasteiger partial charge in [-0.3, -0.25) is 4.79 Å². The fourth-order valence-corrected chi connectivity index (χ4v) is 3.72. The van der Waals surface area contributed by atoms with Crippen LogP contribution in [0.5, 0.6) is 0 Å². The molecule has 0 saturated heterocycles. The first-order valence-corrected chi connectivity index (χ1v) is 9.13. The van der Waals surface area contributed by atoms with Crippen LogP contribution >= 0.6 is 11.6 Å². The number of nitrogens with zero attached hydrogens (tertiary/aromatic N) is 2. The summed E-state index contributed by atoms with van der Waals surface area (Å²) in [7, 11) is 0. The molecule has 3 aromatic rings. The van der Waals surface area contributed by atoms with Crippen molar-refractivity contribution in [3.63, 3.8) is 0 Å². The highest BCUT2D eigenvalue weighted by atomic mass is 35.5. The summed E-state index contributed by atoms with van der Waals surface area (Å²) in [6, 6.07) is 15.8. The zero-order chi connectivity index (χ0) is 18.1. The number of hydrogen-bond donors (Lipinski definition) is 1. The van der Waals surface area contributed by atoms with Crippen molar-refractivity contribution in [1.29, 1.82) is 0 Å². The highest BCUT2D eigenvalue weighted by Gasteiger charge is 2.44. The van der Waals surface area contributed by atoms with Crippen LogP contribution < -0.4 is 5.32 Å². The number of nitrogens with one attached hydrogen (secondary N) is 1. The molecule has 4 rings (SSSR count). The van der Waals surface area contributed by atoms with E-state index in [0.717, 1.165) is 34.1 Å². The molecule has 2 aromatic carbocycles. The maximum absolute atomic E-state index is 12.6. The summed E-state index contributed by atoms with van der Waals surface area (Å²) in [5.74, 6) is 1.25. The van der Waals surface area contributed by atoms with Crippen LogP contribution in [0.25, 0.3) is 5.69 Å². The molecule has 1 fully saturated rings. The van der Waals surface area contributed by atoms with Crippen molar-refractivity contribution >= 4 is 17.5 Å². The minimum absolute atomic E-state index is 0.0112. The molecule has 4 nitrogen and oxygen atoms in total. The number of halogens is 1. The first kappa shape index (κ1) is 16.9. The van der Waals surface area contributed by atoms with Crippen molar-refractivity contribution in [1.82, 2.24) is 14.9 Å². The van der Waals surface area contributed by atoms with E-state index in [1.165, 1.54) is 0 Å². The normalized spacial score (nSPS) is 18.5. The smallest absolute Gasteiger partial charge is 0.224 e. The van der Waals surface area contributed by atoms with Crippen molar-refractivity contribution < 1.29 is 4.79 Å². The van der Waals surface area contributed by atoms with Crippen molar-refractivity contribution in [2.24, 2.45) is 5.92 Å². The molecule has 1 amide bonds. The molecule has 0 aliphatic heterocycles. The topological polar surface area (TPSA) is 46.9 Å². The Labute approximate surface area is 157 Å². The van der Waals surface area contributed by atoms with Gasteiger partial charge in [0.25, 0.3) is 0 Å². The Balaban J connectivity index is 1.44. The minimum Gasteiger partial charge on any atom is -0.352 e. The van der Waals surface area contributed by atoms with Gasteiger partial charge < -0.3 is 9.88 Å². The number of benzene rings is 2. The molecule has 5 heteroatoms. The van der Waals surface area contributed by atoms with Gasteiger partial charge in [0.05, 0.1) is 5.69 Å². The van der Waals surface area contributed by atoms with Crippen molar-refractivity contribution in [3.05, 3.63) is 82.9 Å². The second kappa shape index (κ2) is 6.96. The molecule has 1 aliphatic carbocycles. The average molecular weight is 366 g/mol. The lowest BCUT2D eigenvalue weighted by atomic mass is 10.1. The standard InChI is InChI=1S/C21H20ClN3O/c1-14-23-10-11-25(14)20-9-5-2-6-15(20)13-24-21(26)18-12-17(18)16-7-3-4-8-19(16)22/h2-11,17-18H,12-13H2,1H3,(H,24,26)/t17-,18-/m1/s1. The van der Waals surface area contributed by atoms with E-state index in [4.69, 9.17) is 11.6 Å². The molecular formula is C21H20ClN3O. The highest BCUT2D eigenvalue weighted by molar-refractivity contribution is 6.31. The van der Waals surface area contributed by atoms with E-state index in [1.54, 1.807) is 6.20 Å². The number of imidazole rings is 1. The monoisotopic (exact) mass is 365 g/mol. The van der Waals surface area contributed by atoms with Gasteiger partial charge in [-0.2, -0.15) is 0 Å². The first-order valence-electron chi connectivity index (χ1n) is 8.75. The largest absolute Gasteiger partial charge is 0.352 e. The van der Waals surface area contributed by atoms with E-state index in [2.05, 4.69) is 10.3 Å². The lowest BCUT2D eigenvalue weighted by Crippen LogP contribution is -2.25. The summed E-state index contributed by atoms with van der Waals surface area (Å²) in [5.41, 5.74) is 3.18. The number of para-hydroxylation sites is 1. The fourth-order valence-electron chi connectivity index (χ4n) is 3.45. The fraction of sp³-hybridized carbons (Fsp3) is 0.238. The van der Waals surface area contributed by atoms with Gasteiger partial charge in [-0.1, -0.05) is 48.0 Å². The van der Waals surface area contributed by atoms with Crippen molar-refractivity contribution in [2.75, 3.05) is 0 Å². The summed E-state index contributed by atoms with van der Waals surface area (Å²) < 4.78 is 2.03. The number of rotatable bonds is 5. The van der Waals surface area contributed by atoms with Crippen molar-refractivity contribution in [3.8, 4) is 5.69 Å². The maximum atomic E-state index is 12.6. The third-order valence-corrected chi connectivity index (χ3v) is 5.31. The number of aromatic nitrogens is 2. The highest BCUT2D eigenvalue weighted by Crippen LogP contribution is 2.49. The van der Waals surface area contributed by atoms with Gasteiger partial charge in [0.2, 0.25) is 5.91 Å². The van der Waals surface area contributed by atoms with Gasteiger partial charge in [0.15, 0.2) is 0 Å². The molecule has 0 unspecified atom stereocenters. The molecule has 1 aliphatic rings. The van der Waals surface area contributed by atoms with E-state index in [1.807, 2.05) is 66.2 Å². The van der Waals surface area contributed by atoms with Crippen molar-refractivity contribution in [2.45, 2.75) is 25.8 Å². The van der Waals surface area contributed by atoms with E-state index in [0.29, 0.717) is 6.54 Å². The summed E-state index contributed by atoms with van der Waals surface area (Å²) in [6.45, 7) is 2.46. The summed E-state index contributed by atoms with van der Waals surface area (Å²) in [5, 5.41) is 3.83. The van der Waals surface area contributed by atoms with Crippen LogP contribution in [0, 0.1) is 12.8 Å². The second-order valence-electron chi connectivity index (χ2n) is 6.66. The third-order valence-electron chi connectivity index (χ3n) is 4.96. The quantitative estimate of drug-likeness (QED) is 0.734. The molecule has 0 bridgehead atoms. The van der Waals surface area contributed by atoms with Crippen LogP contribution in [0.4, 0.5) is 0 Å². The molecule has 1 heterocycles. The summed E-state index contributed by atoms with van der Waals surface area (Å²) >= 11 is 6.25. The van der Waals surface area contributed by atoms with E-state index >= 15 is 0 Å². The number of aryl methyl sites for hydroxylation is 1. The predicted molar refractivity (Wildman–Crippen MR) is 102 cm³/mol. The van der Waals surface area contributed by atoms with Gasteiger partial charge in [0, 0.05) is 29.9 Å². The lowest BCUT2D eigenvalue weighted by Gasteiger charge is -2.13. The third kappa shape index (κ3) is 3.25. The maximum Gasteiger partial charge on any atom is 0.224 e. The van der Waals surface area contributed by atoms with E-state index in [-0.39, 0.29) is 17.7 Å². The summed E-state index contributed by atoms with van der Waals surface area (Å²) in [6.07, 6.45) is 4.57. The molecule has 1 aromatic heterocycles. The van der Waals surface area contributed by atoms with Crippen LogP contribution in [0.15, 0.2) is 60.9 Å². The molecule has 0 radical (unpaired) electrons. The van der Waals surface area contributed by atoms with Gasteiger partial charge in [-0.15, -0.1) is 0 Å². The van der Waals surface area contributed by atoms with Crippen LogP contribution in [-0.4, -0.2) is 15.5 Å². The Bertz CT molecular complexity index is 950. The van der Waals surface area contributed by atoms with E-state index in [9.17, 15) is 4.79 Å². The van der Waals surface area contributed by atoms with Crippen LogP contribution in [0.3, 0.4) is 0 Å². The van der Waals surface area contributed by atoms with Gasteiger partial charge in [-0.25, -0.2) is 4.98 Å². The zero-order valence-corrected chi connectivity index (χ0v) is 15.3. The minimum atomic E-state index is 0.0112. The van der Waals surface area contributed by atoms with E-state index < -0.39 is 0 Å². The number of amides is 1. The van der Waals surface area contributed by atoms with Crippen LogP contribution in [0.1, 0.15) is 29.3 Å².